The highest BCUT2D eigenvalue weighted by Gasteiger charge is 2.53. The van der Waals surface area contributed by atoms with Gasteiger partial charge in [-0.2, -0.15) is 0 Å². The molecule has 1 aliphatic heterocycles. The minimum atomic E-state index is 0. The predicted octanol–water partition coefficient (Wildman–Crippen LogP) is 2.14. The molecule has 5 nitrogen and oxygen atoms in total. The second kappa shape index (κ2) is 8.34. The van der Waals surface area contributed by atoms with Crippen LogP contribution in [0.4, 0.5) is 0 Å². The highest BCUT2D eigenvalue weighted by atomic mass is 127. The van der Waals surface area contributed by atoms with Crippen LogP contribution in [0.3, 0.4) is 0 Å². The molecule has 23 heavy (non-hydrogen) atoms. The molecule has 1 atom stereocenters. The molecule has 3 rings (SSSR count). The van der Waals surface area contributed by atoms with E-state index in [9.17, 15) is 5.11 Å². The van der Waals surface area contributed by atoms with Gasteiger partial charge >= 0.3 is 0 Å². The number of aliphatic imine (C=N–C) groups is 1. The van der Waals surface area contributed by atoms with Crippen molar-refractivity contribution >= 4 is 29.9 Å². The monoisotopic (exact) mass is 437 g/mol. The molecule has 0 bridgehead atoms. The lowest BCUT2D eigenvalue weighted by Crippen LogP contribution is -2.41. The molecule has 6 heteroatoms. The van der Waals surface area contributed by atoms with Gasteiger partial charge in [0.2, 0.25) is 0 Å². The average Bonchev–Trinajstić information content (AvgIpc) is 3.42. The third-order valence-electron chi connectivity index (χ3n) is 5.69. The molecule has 0 aromatic rings. The summed E-state index contributed by atoms with van der Waals surface area (Å²) < 4.78 is 5.55. The molecule has 3 N–H and O–H groups in total. The zero-order chi connectivity index (χ0) is 15.5. The molecule has 1 saturated heterocycles. The number of aliphatic hydroxyl groups is 1. The van der Waals surface area contributed by atoms with Crippen molar-refractivity contribution in [1.82, 2.24) is 10.6 Å². The lowest BCUT2D eigenvalue weighted by Gasteiger charge is -2.25. The summed E-state index contributed by atoms with van der Waals surface area (Å²) in [7, 11) is 0. The van der Waals surface area contributed by atoms with E-state index < -0.39 is 0 Å². The number of rotatable bonds is 8. The Hall–Kier alpha value is -0.0800. The molecule has 0 aromatic carbocycles. The Morgan fingerprint density at radius 2 is 2.04 bits per heavy atom. The Kier molecular flexibility index (Phi) is 6.98. The second-order valence-corrected chi connectivity index (χ2v) is 7.46. The van der Waals surface area contributed by atoms with E-state index in [1.807, 2.05) is 0 Å². The molecular weight excluding hydrogens is 405 g/mol. The first-order valence-electron chi connectivity index (χ1n) is 8.93. The lowest BCUT2D eigenvalue weighted by molar-refractivity contribution is 0.131. The molecule has 1 unspecified atom stereocenters. The molecule has 3 fully saturated rings. The average molecular weight is 437 g/mol. The number of hydrogen-bond donors (Lipinski definition) is 3. The first kappa shape index (κ1) is 19.2. The SMILES string of the molecule is CCNC(=NCC1(CCO)CCOC1)NCC1(C2CC2)CC1.I. The van der Waals surface area contributed by atoms with Crippen molar-refractivity contribution in [3.63, 3.8) is 0 Å². The molecule has 2 aliphatic carbocycles. The zero-order valence-corrected chi connectivity index (χ0v) is 16.6. The maximum Gasteiger partial charge on any atom is 0.191 e. The number of nitrogens with one attached hydrogen (secondary N) is 2. The van der Waals surface area contributed by atoms with E-state index in [0.29, 0.717) is 5.41 Å². The van der Waals surface area contributed by atoms with Gasteiger partial charge in [0.05, 0.1) is 13.2 Å². The first-order chi connectivity index (χ1) is 10.7. The van der Waals surface area contributed by atoms with Crippen LogP contribution in [0.2, 0.25) is 0 Å². The van der Waals surface area contributed by atoms with Gasteiger partial charge in [-0.3, -0.25) is 4.99 Å². The van der Waals surface area contributed by atoms with Gasteiger partial charge < -0.3 is 20.5 Å². The Morgan fingerprint density at radius 3 is 2.57 bits per heavy atom. The molecular formula is C17H32IN3O2. The van der Waals surface area contributed by atoms with Crippen molar-refractivity contribution in [2.75, 3.05) is 39.5 Å². The van der Waals surface area contributed by atoms with Crippen molar-refractivity contribution in [3.8, 4) is 0 Å². The highest BCUT2D eigenvalue weighted by molar-refractivity contribution is 14.0. The molecule has 2 saturated carbocycles. The van der Waals surface area contributed by atoms with Crippen LogP contribution in [0.25, 0.3) is 0 Å². The summed E-state index contributed by atoms with van der Waals surface area (Å²) >= 11 is 0. The number of guanidine groups is 1. The van der Waals surface area contributed by atoms with E-state index in [2.05, 4.69) is 17.6 Å². The minimum absolute atomic E-state index is 0. The molecule has 0 aromatic heterocycles. The topological polar surface area (TPSA) is 65.9 Å². The molecule has 1 heterocycles. The van der Waals surface area contributed by atoms with Gasteiger partial charge in [-0.25, -0.2) is 0 Å². The van der Waals surface area contributed by atoms with Gasteiger partial charge in [0, 0.05) is 31.7 Å². The van der Waals surface area contributed by atoms with E-state index >= 15 is 0 Å². The van der Waals surface area contributed by atoms with Gasteiger partial charge in [-0.15, -0.1) is 24.0 Å². The zero-order valence-electron chi connectivity index (χ0n) is 14.3. The normalized spacial score (nSPS) is 29.0. The van der Waals surface area contributed by atoms with Gasteiger partial charge in [-0.1, -0.05) is 0 Å². The third-order valence-corrected chi connectivity index (χ3v) is 5.69. The van der Waals surface area contributed by atoms with E-state index in [4.69, 9.17) is 9.73 Å². The van der Waals surface area contributed by atoms with Crippen LogP contribution in [0, 0.1) is 16.7 Å². The summed E-state index contributed by atoms with van der Waals surface area (Å²) in [4.78, 5) is 4.80. The van der Waals surface area contributed by atoms with Crippen LogP contribution in [0.1, 0.15) is 45.4 Å². The van der Waals surface area contributed by atoms with Gasteiger partial charge in [0.15, 0.2) is 5.96 Å². The van der Waals surface area contributed by atoms with Gasteiger partial charge in [0.1, 0.15) is 0 Å². The summed E-state index contributed by atoms with van der Waals surface area (Å²) in [5.74, 6) is 1.89. The lowest BCUT2D eigenvalue weighted by atomic mass is 9.84. The number of halogens is 1. The van der Waals surface area contributed by atoms with Gasteiger partial charge in [-0.05, 0) is 56.8 Å². The fourth-order valence-corrected chi connectivity index (χ4v) is 3.72. The second-order valence-electron chi connectivity index (χ2n) is 7.46. The van der Waals surface area contributed by atoms with Crippen LogP contribution in [-0.4, -0.2) is 50.5 Å². The molecule has 3 aliphatic rings. The Balaban J connectivity index is 0.00000192. The molecule has 134 valence electrons. The quantitative estimate of drug-likeness (QED) is 0.309. The van der Waals surface area contributed by atoms with E-state index in [1.165, 1.54) is 25.7 Å². The molecule has 0 amide bonds. The number of ether oxygens (including phenoxy) is 1. The Bertz CT molecular complexity index is 403. The Labute approximate surface area is 157 Å². The first-order valence-corrected chi connectivity index (χ1v) is 8.93. The summed E-state index contributed by atoms with van der Waals surface area (Å²) in [6, 6.07) is 0. The van der Waals surface area contributed by atoms with Crippen molar-refractivity contribution in [1.29, 1.82) is 0 Å². The predicted molar refractivity (Wildman–Crippen MR) is 103 cm³/mol. The van der Waals surface area contributed by atoms with Crippen molar-refractivity contribution in [3.05, 3.63) is 0 Å². The van der Waals surface area contributed by atoms with E-state index in [0.717, 1.165) is 57.6 Å². The van der Waals surface area contributed by atoms with Crippen LogP contribution < -0.4 is 10.6 Å². The molecule has 0 radical (unpaired) electrons. The maximum absolute atomic E-state index is 9.31. The fourth-order valence-electron chi connectivity index (χ4n) is 3.72. The minimum Gasteiger partial charge on any atom is -0.396 e. The van der Waals surface area contributed by atoms with Crippen LogP contribution >= 0.6 is 24.0 Å². The number of nitrogens with zero attached hydrogens (tertiary/aromatic N) is 1. The van der Waals surface area contributed by atoms with Crippen molar-refractivity contribution < 1.29 is 9.84 Å². The Morgan fingerprint density at radius 1 is 1.26 bits per heavy atom. The maximum atomic E-state index is 9.31. The van der Waals surface area contributed by atoms with Crippen LogP contribution in [0.5, 0.6) is 0 Å². The smallest absolute Gasteiger partial charge is 0.191 e. The van der Waals surface area contributed by atoms with Crippen LogP contribution in [0.15, 0.2) is 4.99 Å². The van der Waals surface area contributed by atoms with Crippen LogP contribution in [-0.2, 0) is 4.74 Å². The summed E-state index contributed by atoms with van der Waals surface area (Å²) in [5.41, 5.74) is 0.611. The fraction of sp³-hybridized carbons (Fsp3) is 0.941. The highest BCUT2D eigenvalue weighted by Crippen LogP contribution is 2.60. The summed E-state index contributed by atoms with van der Waals surface area (Å²) in [5, 5.41) is 16.2. The number of aliphatic hydroxyl groups excluding tert-OH is 1. The van der Waals surface area contributed by atoms with Crippen molar-refractivity contribution in [2.45, 2.75) is 45.4 Å². The van der Waals surface area contributed by atoms with Crippen molar-refractivity contribution in [2.24, 2.45) is 21.7 Å². The number of hydrogen-bond acceptors (Lipinski definition) is 3. The summed E-state index contributed by atoms with van der Waals surface area (Å²) in [6.45, 7) is 6.52. The third kappa shape index (κ3) is 4.95. The molecule has 0 spiro atoms. The standard InChI is InChI=1S/C17H31N3O2.HI/c1-2-18-15(20-12-17(5-6-17)14-3-4-14)19-11-16(7-9-21)8-10-22-13-16;/h14,21H,2-13H2,1H3,(H2,18,19,20);1H. The van der Waals surface area contributed by atoms with E-state index in [1.54, 1.807) is 0 Å². The largest absolute Gasteiger partial charge is 0.396 e. The van der Waals surface area contributed by atoms with Gasteiger partial charge in [0.25, 0.3) is 0 Å². The summed E-state index contributed by atoms with van der Waals surface area (Å²) in [6.07, 6.45) is 7.39. The van der Waals surface area contributed by atoms with E-state index in [-0.39, 0.29) is 36.0 Å².